The van der Waals surface area contributed by atoms with Crippen molar-refractivity contribution in [1.82, 2.24) is 0 Å². The van der Waals surface area contributed by atoms with E-state index in [9.17, 15) is 18.0 Å². The van der Waals surface area contributed by atoms with Gasteiger partial charge in [-0.05, 0) is 18.2 Å². The minimum absolute atomic E-state index is 0.0328. The molecule has 0 amide bonds. The van der Waals surface area contributed by atoms with Gasteiger partial charge >= 0.3 is 5.97 Å². The van der Waals surface area contributed by atoms with Gasteiger partial charge < -0.3 is 9.47 Å². The Labute approximate surface area is 108 Å². The zero-order chi connectivity index (χ0) is 13.8. The molecule has 1 aromatic rings. The van der Waals surface area contributed by atoms with Crippen LogP contribution in [0.3, 0.4) is 0 Å². The number of nitrogens with two attached hydrogens (primary N) is 1. The lowest BCUT2D eigenvalue weighted by molar-refractivity contribution is -0.147. The monoisotopic (exact) mass is 283 g/mol. The van der Waals surface area contributed by atoms with Gasteiger partial charge in [-0.15, -0.1) is 0 Å². The lowest BCUT2D eigenvalue weighted by atomic mass is 9.94. The van der Waals surface area contributed by atoms with E-state index >= 15 is 0 Å². The van der Waals surface area contributed by atoms with Crippen molar-refractivity contribution in [3.63, 3.8) is 0 Å². The highest BCUT2D eigenvalue weighted by atomic mass is 32.2. The maximum atomic E-state index is 12.2. The van der Waals surface area contributed by atoms with E-state index in [1.807, 2.05) is 0 Å². The number of primary sulfonamides is 1. The van der Waals surface area contributed by atoms with Crippen molar-refractivity contribution < 1.29 is 27.5 Å². The number of benzene rings is 1. The molecule has 0 aliphatic carbocycles. The summed E-state index contributed by atoms with van der Waals surface area (Å²) >= 11 is 0. The van der Waals surface area contributed by atoms with Crippen LogP contribution < -0.4 is 9.88 Å². The second-order valence-corrected chi connectivity index (χ2v) is 5.91. The number of fused-ring (bicyclic) bond motifs is 1. The highest BCUT2D eigenvalue weighted by molar-refractivity contribution is 7.89. The first kappa shape index (κ1) is 12.1. The SMILES string of the molecule is NS(=O)(=O)c1ccc2c(c1)C(=O)C1(CCOC1=O)O2. The van der Waals surface area contributed by atoms with Gasteiger partial charge in [0.2, 0.25) is 15.8 Å². The quantitative estimate of drug-likeness (QED) is 0.554. The van der Waals surface area contributed by atoms with E-state index in [1.165, 1.54) is 12.1 Å². The molecule has 2 heterocycles. The predicted octanol–water partition coefficient (Wildman–Crippen LogP) is -0.405. The van der Waals surface area contributed by atoms with Crippen LogP contribution in [0, 0.1) is 0 Å². The molecule has 2 aliphatic heterocycles. The van der Waals surface area contributed by atoms with Crippen LogP contribution in [0.1, 0.15) is 16.8 Å². The molecule has 2 aliphatic rings. The number of hydrogen-bond donors (Lipinski definition) is 1. The van der Waals surface area contributed by atoms with E-state index in [4.69, 9.17) is 14.6 Å². The number of sulfonamides is 1. The van der Waals surface area contributed by atoms with Gasteiger partial charge in [-0.1, -0.05) is 0 Å². The molecule has 0 aromatic heterocycles. The maximum absolute atomic E-state index is 12.2. The fourth-order valence-electron chi connectivity index (χ4n) is 2.21. The number of cyclic esters (lactones) is 1. The van der Waals surface area contributed by atoms with Crippen LogP contribution in [0.15, 0.2) is 23.1 Å². The number of ether oxygens (including phenoxy) is 2. The molecule has 100 valence electrons. The first-order valence-corrected chi connectivity index (χ1v) is 6.97. The number of ketones is 1. The number of carbonyl (C=O) groups is 2. The molecule has 1 saturated heterocycles. The maximum Gasteiger partial charge on any atom is 0.358 e. The van der Waals surface area contributed by atoms with Crippen molar-refractivity contribution in [2.24, 2.45) is 5.14 Å². The van der Waals surface area contributed by atoms with Crippen molar-refractivity contribution in [3.8, 4) is 5.75 Å². The van der Waals surface area contributed by atoms with Gasteiger partial charge in [0.25, 0.3) is 5.60 Å². The largest absolute Gasteiger partial charge is 0.466 e. The fraction of sp³-hybridized carbons (Fsp3) is 0.273. The minimum Gasteiger partial charge on any atom is -0.466 e. The van der Waals surface area contributed by atoms with E-state index in [1.54, 1.807) is 0 Å². The molecule has 3 rings (SSSR count). The van der Waals surface area contributed by atoms with Gasteiger partial charge in [-0.3, -0.25) is 4.79 Å². The van der Waals surface area contributed by atoms with Crippen molar-refractivity contribution in [3.05, 3.63) is 23.8 Å². The van der Waals surface area contributed by atoms with Crippen LogP contribution in [0.5, 0.6) is 5.75 Å². The van der Waals surface area contributed by atoms with Crippen molar-refractivity contribution in [1.29, 1.82) is 0 Å². The summed E-state index contributed by atoms with van der Waals surface area (Å²) in [7, 11) is -3.92. The van der Waals surface area contributed by atoms with Crippen LogP contribution in [-0.4, -0.2) is 32.4 Å². The van der Waals surface area contributed by atoms with Crippen LogP contribution in [0.25, 0.3) is 0 Å². The summed E-state index contributed by atoms with van der Waals surface area (Å²) in [4.78, 5) is 23.7. The Morgan fingerprint density at radius 1 is 1.26 bits per heavy atom. The van der Waals surface area contributed by atoms with Gasteiger partial charge in [-0.25, -0.2) is 18.4 Å². The highest BCUT2D eigenvalue weighted by Gasteiger charge is 2.58. The third-order valence-corrected chi connectivity index (χ3v) is 4.10. The summed E-state index contributed by atoms with van der Waals surface area (Å²) in [6.45, 7) is 0.0978. The number of carbonyl (C=O) groups excluding carboxylic acids is 2. The number of hydrogen-bond acceptors (Lipinski definition) is 6. The highest BCUT2D eigenvalue weighted by Crippen LogP contribution is 2.41. The van der Waals surface area contributed by atoms with Gasteiger partial charge in [0, 0.05) is 6.42 Å². The lowest BCUT2D eigenvalue weighted by Crippen LogP contribution is -2.44. The van der Waals surface area contributed by atoms with Crippen LogP contribution >= 0.6 is 0 Å². The van der Waals surface area contributed by atoms with Crippen molar-refractivity contribution >= 4 is 21.8 Å². The molecule has 8 heteroatoms. The third-order valence-electron chi connectivity index (χ3n) is 3.19. The first-order valence-electron chi connectivity index (χ1n) is 5.42. The fourth-order valence-corrected chi connectivity index (χ4v) is 2.75. The Kier molecular flexibility index (Phi) is 2.26. The predicted molar refractivity (Wildman–Crippen MR) is 61.1 cm³/mol. The van der Waals surface area contributed by atoms with Gasteiger partial charge in [0.05, 0.1) is 17.1 Å². The second kappa shape index (κ2) is 3.55. The van der Waals surface area contributed by atoms with Crippen LogP contribution in [-0.2, 0) is 19.6 Å². The molecule has 1 unspecified atom stereocenters. The number of esters is 1. The van der Waals surface area contributed by atoms with Gasteiger partial charge in [-0.2, -0.15) is 0 Å². The summed E-state index contributed by atoms with van der Waals surface area (Å²) in [6, 6.07) is 3.65. The van der Waals surface area contributed by atoms with Crippen molar-refractivity contribution in [2.75, 3.05) is 6.61 Å². The zero-order valence-electron chi connectivity index (χ0n) is 9.58. The Balaban J connectivity index is 2.13. The molecule has 0 bridgehead atoms. The second-order valence-electron chi connectivity index (χ2n) is 4.35. The van der Waals surface area contributed by atoms with Gasteiger partial charge in [0.1, 0.15) is 5.75 Å². The summed E-state index contributed by atoms with van der Waals surface area (Å²) in [6.07, 6.45) is 0.115. The third kappa shape index (κ3) is 1.57. The Morgan fingerprint density at radius 3 is 2.58 bits per heavy atom. The van der Waals surface area contributed by atoms with Gasteiger partial charge in [0.15, 0.2) is 0 Å². The average molecular weight is 283 g/mol. The summed E-state index contributed by atoms with van der Waals surface area (Å²) in [5.74, 6) is -1.17. The number of Topliss-reactive ketones (excluding diaryl/α,β-unsaturated/α-hetero) is 1. The molecule has 19 heavy (non-hydrogen) atoms. The topological polar surface area (TPSA) is 113 Å². The van der Waals surface area contributed by atoms with Crippen LogP contribution in [0.4, 0.5) is 0 Å². The van der Waals surface area contributed by atoms with E-state index < -0.39 is 27.4 Å². The van der Waals surface area contributed by atoms with Crippen LogP contribution in [0.2, 0.25) is 0 Å². The van der Waals surface area contributed by atoms with E-state index in [0.29, 0.717) is 0 Å². The van der Waals surface area contributed by atoms with E-state index in [2.05, 4.69) is 0 Å². The molecule has 1 aromatic carbocycles. The Morgan fingerprint density at radius 2 is 2.00 bits per heavy atom. The molecule has 1 fully saturated rings. The molecular weight excluding hydrogens is 274 g/mol. The summed E-state index contributed by atoms with van der Waals surface area (Å²) in [5.41, 5.74) is -1.62. The number of rotatable bonds is 1. The smallest absolute Gasteiger partial charge is 0.358 e. The van der Waals surface area contributed by atoms with Crippen molar-refractivity contribution in [2.45, 2.75) is 16.9 Å². The molecule has 1 spiro atoms. The molecule has 7 nitrogen and oxygen atoms in total. The van der Waals surface area contributed by atoms with E-state index in [0.717, 1.165) is 6.07 Å². The Bertz CT molecular complexity index is 710. The molecule has 0 radical (unpaired) electrons. The molecule has 0 saturated carbocycles. The Hall–Kier alpha value is -1.93. The molecule has 2 N–H and O–H groups in total. The standard InChI is InChI=1S/C11H9NO6S/c12-19(15,16)6-1-2-8-7(5-6)9(13)11(18-8)3-4-17-10(11)14/h1-2,5H,3-4H2,(H2,12,15,16). The molecule has 1 atom stereocenters. The minimum atomic E-state index is -3.92. The normalized spacial score (nSPS) is 25.3. The van der Waals surface area contributed by atoms with E-state index in [-0.39, 0.29) is 29.2 Å². The first-order chi connectivity index (χ1) is 8.84. The lowest BCUT2D eigenvalue weighted by Gasteiger charge is -2.15. The zero-order valence-corrected chi connectivity index (χ0v) is 10.4. The molecular formula is C11H9NO6S. The average Bonchev–Trinajstić information content (AvgIpc) is 2.82. The summed E-state index contributed by atoms with van der Waals surface area (Å²) in [5, 5.41) is 5.00. The summed E-state index contributed by atoms with van der Waals surface area (Å²) < 4.78 is 32.7.